The molecule has 0 unspecified atom stereocenters. The van der Waals surface area contributed by atoms with E-state index in [4.69, 9.17) is 19.9 Å². The number of hydrogen-bond acceptors (Lipinski definition) is 6. The standard InChI is InChI=1S/C14H26N2O5/c1-5-19-12(17)11-8-10(20-7-6-15)9-16(11)13(18)21-14(2,3)4/h10-11H,5-9,15H2,1-4H3/t10-,11+/m1/s1. The Morgan fingerprint density at radius 2 is 2.00 bits per heavy atom. The third-order valence-corrected chi connectivity index (χ3v) is 2.92. The predicted octanol–water partition coefficient (Wildman–Crippen LogP) is 0.903. The molecule has 0 bridgehead atoms. The van der Waals surface area contributed by atoms with Crippen molar-refractivity contribution >= 4 is 12.1 Å². The van der Waals surface area contributed by atoms with Gasteiger partial charge in [0.2, 0.25) is 0 Å². The summed E-state index contributed by atoms with van der Waals surface area (Å²) in [7, 11) is 0. The number of hydrogen-bond donors (Lipinski definition) is 1. The van der Waals surface area contributed by atoms with Crippen LogP contribution in [0.2, 0.25) is 0 Å². The summed E-state index contributed by atoms with van der Waals surface area (Å²) >= 11 is 0. The van der Waals surface area contributed by atoms with Crippen molar-refractivity contribution in [3.63, 3.8) is 0 Å². The van der Waals surface area contributed by atoms with Gasteiger partial charge in [0.25, 0.3) is 0 Å². The summed E-state index contributed by atoms with van der Waals surface area (Å²) in [5, 5.41) is 0. The van der Waals surface area contributed by atoms with Crippen LogP contribution in [0.25, 0.3) is 0 Å². The number of amides is 1. The molecule has 0 aliphatic carbocycles. The van der Waals surface area contributed by atoms with E-state index in [9.17, 15) is 9.59 Å². The number of carbonyl (C=O) groups is 2. The highest BCUT2D eigenvalue weighted by Gasteiger charge is 2.42. The van der Waals surface area contributed by atoms with Gasteiger partial charge in [0, 0.05) is 13.0 Å². The molecule has 21 heavy (non-hydrogen) atoms. The molecule has 0 spiro atoms. The fraction of sp³-hybridized carbons (Fsp3) is 0.857. The molecule has 2 atom stereocenters. The van der Waals surface area contributed by atoms with E-state index in [1.54, 1.807) is 27.7 Å². The van der Waals surface area contributed by atoms with E-state index < -0.39 is 23.7 Å². The Morgan fingerprint density at radius 1 is 1.33 bits per heavy atom. The Balaban J connectivity index is 2.75. The molecule has 1 saturated heterocycles. The number of likely N-dealkylation sites (tertiary alicyclic amines) is 1. The summed E-state index contributed by atoms with van der Waals surface area (Å²) in [6.45, 7) is 8.43. The lowest BCUT2D eigenvalue weighted by Gasteiger charge is -2.27. The SMILES string of the molecule is CCOC(=O)[C@@H]1C[C@@H](OCCN)CN1C(=O)OC(C)(C)C. The largest absolute Gasteiger partial charge is 0.464 e. The molecular formula is C14H26N2O5. The average molecular weight is 302 g/mol. The zero-order chi connectivity index (χ0) is 16.0. The molecule has 0 aromatic heterocycles. The Bertz CT molecular complexity index is 367. The second kappa shape index (κ2) is 7.61. The van der Waals surface area contributed by atoms with Crippen LogP contribution in [-0.4, -0.2) is 61.0 Å². The molecule has 1 rings (SSSR count). The molecule has 122 valence electrons. The van der Waals surface area contributed by atoms with E-state index in [2.05, 4.69) is 0 Å². The van der Waals surface area contributed by atoms with Gasteiger partial charge in [-0.15, -0.1) is 0 Å². The van der Waals surface area contributed by atoms with Crippen molar-refractivity contribution in [2.75, 3.05) is 26.3 Å². The van der Waals surface area contributed by atoms with E-state index in [0.29, 0.717) is 26.1 Å². The Hall–Kier alpha value is -1.34. The highest BCUT2D eigenvalue weighted by molar-refractivity contribution is 5.82. The van der Waals surface area contributed by atoms with Gasteiger partial charge in [0.1, 0.15) is 11.6 Å². The van der Waals surface area contributed by atoms with Crippen molar-refractivity contribution in [3.8, 4) is 0 Å². The van der Waals surface area contributed by atoms with Gasteiger partial charge in [0.05, 0.1) is 25.9 Å². The van der Waals surface area contributed by atoms with Crippen molar-refractivity contribution in [1.29, 1.82) is 0 Å². The maximum Gasteiger partial charge on any atom is 0.411 e. The molecular weight excluding hydrogens is 276 g/mol. The fourth-order valence-corrected chi connectivity index (χ4v) is 2.14. The van der Waals surface area contributed by atoms with Crippen LogP contribution in [0.5, 0.6) is 0 Å². The van der Waals surface area contributed by atoms with E-state index in [0.717, 1.165) is 0 Å². The molecule has 0 saturated carbocycles. The molecule has 1 amide bonds. The zero-order valence-electron chi connectivity index (χ0n) is 13.3. The number of nitrogens with two attached hydrogens (primary N) is 1. The number of ether oxygens (including phenoxy) is 3. The first kappa shape index (κ1) is 17.7. The maximum atomic E-state index is 12.2. The van der Waals surface area contributed by atoms with Crippen molar-refractivity contribution in [3.05, 3.63) is 0 Å². The number of carbonyl (C=O) groups excluding carboxylic acids is 2. The first-order valence-electron chi connectivity index (χ1n) is 7.26. The molecule has 1 heterocycles. The Morgan fingerprint density at radius 3 is 2.52 bits per heavy atom. The number of nitrogens with zero attached hydrogens (tertiary/aromatic N) is 1. The van der Waals surface area contributed by atoms with Gasteiger partial charge in [-0.05, 0) is 27.7 Å². The summed E-state index contributed by atoms with van der Waals surface area (Å²) in [6.07, 6.45) is -0.354. The summed E-state index contributed by atoms with van der Waals surface area (Å²) in [6, 6.07) is -0.664. The van der Waals surface area contributed by atoms with E-state index in [-0.39, 0.29) is 12.7 Å². The minimum absolute atomic E-state index is 0.226. The first-order valence-corrected chi connectivity index (χ1v) is 7.26. The van der Waals surface area contributed by atoms with Gasteiger partial charge in [-0.1, -0.05) is 0 Å². The molecule has 0 aromatic carbocycles. The Labute approximate surface area is 125 Å². The van der Waals surface area contributed by atoms with Crippen LogP contribution >= 0.6 is 0 Å². The van der Waals surface area contributed by atoms with E-state index in [1.165, 1.54) is 4.90 Å². The van der Waals surface area contributed by atoms with Crippen LogP contribution in [0.1, 0.15) is 34.1 Å². The lowest BCUT2D eigenvalue weighted by Crippen LogP contribution is -2.44. The van der Waals surface area contributed by atoms with Crippen LogP contribution in [0.15, 0.2) is 0 Å². The fourth-order valence-electron chi connectivity index (χ4n) is 2.14. The van der Waals surface area contributed by atoms with E-state index >= 15 is 0 Å². The van der Waals surface area contributed by atoms with Gasteiger partial charge < -0.3 is 19.9 Å². The average Bonchev–Trinajstić information content (AvgIpc) is 2.79. The van der Waals surface area contributed by atoms with Crippen molar-refractivity contribution in [2.24, 2.45) is 5.73 Å². The molecule has 1 aliphatic rings. The van der Waals surface area contributed by atoms with Crippen LogP contribution in [-0.2, 0) is 19.0 Å². The van der Waals surface area contributed by atoms with Gasteiger partial charge in [-0.25, -0.2) is 9.59 Å². The minimum Gasteiger partial charge on any atom is -0.464 e. The van der Waals surface area contributed by atoms with Crippen molar-refractivity contribution in [1.82, 2.24) is 4.90 Å². The molecule has 7 nitrogen and oxygen atoms in total. The van der Waals surface area contributed by atoms with Gasteiger partial charge >= 0.3 is 12.1 Å². The van der Waals surface area contributed by atoms with Gasteiger partial charge in [-0.3, -0.25) is 4.90 Å². The third kappa shape index (κ3) is 5.51. The second-order valence-electron chi connectivity index (χ2n) is 5.92. The lowest BCUT2D eigenvalue weighted by atomic mass is 10.2. The van der Waals surface area contributed by atoms with Gasteiger partial charge in [-0.2, -0.15) is 0 Å². The number of esters is 1. The van der Waals surface area contributed by atoms with Gasteiger partial charge in [0.15, 0.2) is 0 Å². The van der Waals surface area contributed by atoms with E-state index in [1.807, 2.05) is 0 Å². The lowest BCUT2D eigenvalue weighted by molar-refractivity contribution is -0.148. The molecule has 2 N–H and O–H groups in total. The van der Waals surface area contributed by atoms with Crippen LogP contribution in [0.4, 0.5) is 4.79 Å². The summed E-state index contributed by atoms with van der Waals surface area (Å²) in [5.41, 5.74) is 4.79. The second-order valence-corrected chi connectivity index (χ2v) is 5.92. The number of rotatable bonds is 5. The first-order chi connectivity index (χ1) is 9.78. The molecule has 1 aliphatic heterocycles. The minimum atomic E-state index is -0.664. The summed E-state index contributed by atoms with van der Waals surface area (Å²) in [4.78, 5) is 25.6. The van der Waals surface area contributed by atoms with Crippen LogP contribution in [0.3, 0.4) is 0 Å². The van der Waals surface area contributed by atoms with Crippen LogP contribution in [0, 0.1) is 0 Å². The van der Waals surface area contributed by atoms with Crippen molar-refractivity contribution < 1.29 is 23.8 Å². The molecule has 0 aromatic rings. The smallest absolute Gasteiger partial charge is 0.411 e. The maximum absolute atomic E-state index is 12.2. The summed E-state index contributed by atoms with van der Waals surface area (Å²) in [5.74, 6) is -0.429. The molecule has 1 fully saturated rings. The monoisotopic (exact) mass is 302 g/mol. The zero-order valence-corrected chi connectivity index (χ0v) is 13.3. The third-order valence-electron chi connectivity index (χ3n) is 2.92. The quantitative estimate of drug-likeness (QED) is 0.759. The topological polar surface area (TPSA) is 91.1 Å². The highest BCUT2D eigenvalue weighted by atomic mass is 16.6. The highest BCUT2D eigenvalue weighted by Crippen LogP contribution is 2.24. The molecule has 0 radical (unpaired) electrons. The Kier molecular flexibility index (Phi) is 6.42. The van der Waals surface area contributed by atoms with Crippen LogP contribution < -0.4 is 5.73 Å². The predicted molar refractivity (Wildman–Crippen MR) is 76.8 cm³/mol. The summed E-state index contributed by atoms with van der Waals surface area (Å²) < 4.78 is 15.9. The molecule has 7 heteroatoms. The normalized spacial score (nSPS) is 22.2. The van der Waals surface area contributed by atoms with Crippen molar-refractivity contribution in [2.45, 2.75) is 51.9 Å².